The number of halogens is 2. The molecule has 1 fully saturated rings. The molecule has 2 heterocycles. The summed E-state index contributed by atoms with van der Waals surface area (Å²) < 4.78 is 15.2. The maximum Gasteiger partial charge on any atom is 0.326 e. The number of aliphatic carboxylic acids is 1. The van der Waals surface area contributed by atoms with Crippen LogP contribution < -0.4 is 16.2 Å². The minimum absolute atomic E-state index is 0.0375. The first-order valence-corrected chi connectivity index (χ1v) is 10.7. The van der Waals surface area contributed by atoms with Crippen LogP contribution in [0.1, 0.15) is 24.0 Å². The van der Waals surface area contributed by atoms with E-state index in [1.54, 1.807) is 24.3 Å². The van der Waals surface area contributed by atoms with E-state index in [-0.39, 0.29) is 34.7 Å². The van der Waals surface area contributed by atoms with E-state index in [1.165, 1.54) is 29.1 Å². The molecule has 0 amide bonds. The lowest BCUT2D eigenvalue weighted by atomic mass is 10.2. The third-order valence-corrected chi connectivity index (χ3v) is 5.75. The summed E-state index contributed by atoms with van der Waals surface area (Å²) in [6.45, 7) is 0.138. The second kappa shape index (κ2) is 9.41. The highest BCUT2D eigenvalue weighted by molar-refractivity contribution is 6.32. The van der Waals surface area contributed by atoms with Crippen molar-refractivity contribution in [3.05, 3.63) is 81.1 Å². The minimum Gasteiger partial charge on any atom is -0.480 e. The molecule has 1 aliphatic carbocycles. The topological polar surface area (TPSA) is 120 Å². The zero-order chi connectivity index (χ0) is 23.5. The number of carboxylic acids is 1. The Kier molecular flexibility index (Phi) is 6.41. The molecule has 1 atom stereocenters. The van der Waals surface area contributed by atoms with E-state index in [0.29, 0.717) is 16.9 Å². The van der Waals surface area contributed by atoms with E-state index in [1.807, 2.05) is 0 Å². The molecular weight excluding hydrogens is 449 g/mol. The molecule has 8 nitrogen and oxygen atoms in total. The van der Waals surface area contributed by atoms with E-state index in [0.717, 1.165) is 19.1 Å². The van der Waals surface area contributed by atoms with Gasteiger partial charge in [-0.15, -0.1) is 0 Å². The van der Waals surface area contributed by atoms with Gasteiger partial charge in [-0.3, -0.25) is 9.36 Å². The van der Waals surface area contributed by atoms with Crippen LogP contribution in [0, 0.1) is 17.1 Å². The monoisotopic (exact) mass is 469 g/mol. The summed E-state index contributed by atoms with van der Waals surface area (Å²) in [6, 6.07) is 8.61. The Bertz CT molecular complexity index is 1280. The molecule has 3 aromatic rings. The molecule has 0 spiro atoms. The van der Waals surface area contributed by atoms with E-state index in [2.05, 4.69) is 15.6 Å². The third kappa shape index (κ3) is 4.88. The van der Waals surface area contributed by atoms with Gasteiger partial charge in [0.1, 0.15) is 17.7 Å². The molecule has 0 aliphatic heterocycles. The quantitative estimate of drug-likeness (QED) is 0.353. The third-order valence-electron chi connectivity index (χ3n) is 5.46. The average Bonchev–Trinajstić information content (AvgIpc) is 3.63. The standard InChI is InChI=1S/C23H21ClFN5O3/c24-16-12-28-20(29-21(23(32)33)13-5-6-13)9-19(16)30-8-7-18(15(10-26)22(30)31)27-11-14-3-1-2-4-17(14)25/h1-4,7-10,12-13,21,26-27H,5-6,11H2,(H,28,29)(H,32,33)/t21-/m0/s1. The van der Waals surface area contributed by atoms with Gasteiger partial charge in [0.25, 0.3) is 5.56 Å². The van der Waals surface area contributed by atoms with E-state index < -0.39 is 17.6 Å². The van der Waals surface area contributed by atoms with Gasteiger partial charge in [-0.1, -0.05) is 29.8 Å². The Morgan fingerprint density at radius 1 is 1.36 bits per heavy atom. The summed E-state index contributed by atoms with van der Waals surface area (Å²) in [5.41, 5.74) is 0.645. The maximum absolute atomic E-state index is 13.9. The van der Waals surface area contributed by atoms with Crippen LogP contribution in [0.15, 0.2) is 53.6 Å². The Morgan fingerprint density at radius 3 is 2.79 bits per heavy atom. The van der Waals surface area contributed by atoms with E-state index in [4.69, 9.17) is 17.0 Å². The minimum atomic E-state index is -0.968. The molecule has 1 saturated carbocycles. The van der Waals surface area contributed by atoms with Gasteiger partial charge in [0.2, 0.25) is 0 Å². The normalized spacial score (nSPS) is 13.9. The Balaban J connectivity index is 1.64. The van der Waals surface area contributed by atoms with Crippen LogP contribution in [0.2, 0.25) is 5.02 Å². The Hall–Kier alpha value is -3.72. The average molecular weight is 470 g/mol. The number of hydrogen-bond donors (Lipinski definition) is 4. The van der Waals surface area contributed by atoms with Crippen LogP contribution in [0.5, 0.6) is 0 Å². The molecule has 2 aromatic heterocycles. The van der Waals surface area contributed by atoms with Gasteiger partial charge in [-0.2, -0.15) is 0 Å². The fraction of sp³-hybridized carbons (Fsp3) is 0.217. The highest BCUT2D eigenvalue weighted by Gasteiger charge is 2.36. The summed E-state index contributed by atoms with van der Waals surface area (Å²) in [7, 11) is 0. The van der Waals surface area contributed by atoms with Crippen molar-refractivity contribution < 1.29 is 14.3 Å². The highest BCUT2D eigenvalue weighted by Crippen LogP contribution is 2.34. The lowest BCUT2D eigenvalue weighted by molar-refractivity contribution is -0.138. The molecule has 4 N–H and O–H groups in total. The zero-order valence-electron chi connectivity index (χ0n) is 17.4. The lowest BCUT2D eigenvalue weighted by Crippen LogP contribution is -2.31. The first-order valence-electron chi connectivity index (χ1n) is 10.3. The van der Waals surface area contributed by atoms with Gasteiger partial charge < -0.3 is 21.1 Å². The molecule has 170 valence electrons. The molecular formula is C23H21ClFN5O3. The predicted molar refractivity (Wildman–Crippen MR) is 124 cm³/mol. The number of pyridine rings is 2. The number of carboxylic acid groups (broad SMARTS) is 1. The Labute approximate surface area is 193 Å². The summed E-state index contributed by atoms with van der Waals surface area (Å²) >= 11 is 6.29. The van der Waals surface area contributed by atoms with Gasteiger partial charge >= 0.3 is 5.97 Å². The maximum atomic E-state index is 13.9. The molecule has 1 aliphatic rings. The molecule has 0 radical (unpaired) electrons. The predicted octanol–water partition coefficient (Wildman–Crippen LogP) is 3.91. The SMILES string of the molecule is N=Cc1c(NCc2ccccc2F)ccn(-c2cc(N[C@H](C(=O)O)C3CC3)ncc2Cl)c1=O. The number of carbonyl (C=O) groups is 1. The number of aromatic nitrogens is 2. The molecule has 4 rings (SSSR count). The van der Waals surface area contributed by atoms with Crippen molar-refractivity contribution in [2.24, 2.45) is 5.92 Å². The van der Waals surface area contributed by atoms with Crippen molar-refractivity contribution >= 4 is 35.3 Å². The first kappa shape index (κ1) is 22.5. The second-order valence-corrected chi connectivity index (χ2v) is 8.13. The molecule has 1 aromatic carbocycles. The van der Waals surface area contributed by atoms with Gasteiger partial charge in [-0.05, 0) is 30.9 Å². The van der Waals surface area contributed by atoms with E-state index in [9.17, 15) is 19.1 Å². The lowest BCUT2D eigenvalue weighted by Gasteiger charge is -2.17. The number of nitrogens with zero attached hydrogens (tertiary/aromatic N) is 2. The fourth-order valence-corrected chi connectivity index (χ4v) is 3.72. The van der Waals surface area contributed by atoms with Gasteiger partial charge in [0.15, 0.2) is 0 Å². The van der Waals surface area contributed by atoms with Gasteiger partial charge in [0, 0.05) is 30.6 Å². The van der Waals surface area contributed by atoms with E-state index >= 15 is 0 Å². The number of benzene rings is 1. The second-order valence-electron chi connectivity index (χ2n) is 7.73. The molecule has 0 unspecified atom stereocenters. The molecule has 33 heavy (non-hydrogen) atoms. The van der Waals surface area contributed by atoms with Crippen molar-refractivity contribution in [2.45, 2.75) is 25.4 Å². The number of hydrogen-bond acceptors (Lipinski definition) is 6. The van der Waals surface area contributed by atoms with Crippen molar-refractivity contribution in [3.63, 3.8) is 0 Å². The highest BCUT2D eigenvalue weighted by atomic mass is 35.5. The zero-order valence-corrected chi connectivity index (χ0v) is 18.1. The van der Waals surface area contributed by atoms with Crippen LogP contribution in [0.25, 0.3) is 5.69 Å². The van der Waals surface area contributed by atoms with Gasteiger partial charge in [-0.25, -0.2) is 14.2 Å². The van der Waals surface area contributed by atoms with Crippen LogP contribution in [0.4, 0.5) is 15.9 Å². The molecule has 0 bridgehead atoms. The van der Waals surface area contributed by atoms with Crippen LogP contribution in [-0.2, 0) is 11.3 Å². The van der Waals surface area contributed by atoms with Crippen LogP contribution in [0.3, 0.4) is 0 Å². The van der Waals surface area contributed by atoms with Crippen molar-refractivity contribution in [2.75, 3.05) is 10.6 Å². The molecule has 10 heteroatoms. The summed E-state index contributed by atoms with van der Waals surface area (Å²) in [4.78, 5) is 28.8. The van der Waals surface area contributed by atoms with Crippen LogP contribution >= 0.6 is 11.6 Å². The van der Waals surface area contributed by atoms with Crippen molar-refractivity contribution in [1.29, 1.82) is 5.41 Å². The summed E-state index contributed by atoms with van der Waals surface area (Å²) in [5.74, 6) is -1.03. The fourth-order valence-electron chi connectivity index (χ4n) is 3.53. The van der Waals surface area contributed by atoms with Gasteiger partial charge in [0.05, 0.1) is 28.2 Å². The van der Waals surface area contributed by atoms with Crippen molar-refractivity contribution in [3.8, 4) is 5.69 Å². The molecule has 0 saturated heterocycles. The summed E-state index contributed by atoms with van der Waals surface area (Å²) in [5, 5.41) is 23.3. The number of nitrogens with one attached hydrogen (secondary N) is 3. The van der Waals surface area contributed by atoms with Crippen molar-refractivity contribution in [1.82, 2.24) is 9.55 Å². The smallest absolute Gasteiger partial charge is 0.326 e. The Morgan fingerprint density at radius 2 is 2.12 bits per heavy atom. The number of rotatable bonds is 9. The number of anilines is 2. The first-order chi connectivity index (χ1) is 15.9. The van der Waals surface area contributed by atoms with Crippen LogP contribution in [-0.4, -0.2) is 32.9 Å². The largest absolute Gasteiger partial charge is 0.480 e. The summed E-state index contributed by atoms with van der Waals surface area (Å²) in [6.07, 6.45) is 5.40.